The molecule has 0 fully saturated rings. The van der Waals surface area contributed by atoms with Gasteiger partial charge in [0.1, 0.15) is 0 Å². The Kier molecular flexibility index (Phi) is 2.06. The molecule has 0 spiro atoms. The summed E-state index contributed by atoms with van der Waals surface area (Å²) in [6.07, 6.45) is 0. The molecule has 0 N–H and O–H groups in total. The van der Waals surface area contributed by atoms with E-state index in [9.17, 15) is 0 Å². The molecule has 1 nitrogen and oxygen atoms in total. The number of hydrogen-bond acceptors (Lipinski definition) is 3. The van der Waals surface area contributed by atoms with Crippen molar-refractivity contribution in [1.29, 1.82) is 0 Å². The van der Waals surface area contributed by atoms with Crippen molar-refractivity contribution in [3.63, 3.8) is 0 Å². The summed E-state index contributed by atoms with van der Waals surface area (Å²) in [5.74, 6) is 0. The number of nitrogens with zero attached hydrogens (tertiary/aromatic N) is 1. The Hall–Kier alpha value is -0.0200. The molecular weight excluding hydrogens is 162 g/mol. The average Bonchev–Trinajstić information content (AvgIpc) is 2.11. The molecule has 0 bridgehead atoms. The Balaban J connectivity index is 3.05. The van der Waals surface area contributed by atoms with E-state index in [1.165, 1.54) is 0 Å². The molecule has 0 saturated heterocycles. The van der Waals surface area contributed by atoms with Crippen LogP contribution < -0.4 is 0 Å². The van der Waals surface area contributed by atoms with E-state index < -0.39 is 0 Å². The highest BCUT2D eigenvalue weighted by Crippen LogP contribution is 2.29. The van der Waals surface area contributed by atoms with Gasteiger partial charge in [-0.25, -0.2) is 4.98 Å². The predicted octanol–water partition coefficient (Wildman–Crippen LogP) is 2.73. The lowest BCUT2D eigenvalue weighted by atomic mass is 9.93. The van der Waals surface area contributed by atoms with Crippen molar-refractivity contribution in [2.24, 2.45) is 0 Å². The molecule has 1 heterocycles. The maximum Gasteiger partial charge on any atom is 0.0807 e. The van der Waals surface area contributed by atoms with Crippen molar-refractivity contribution >= 4 is 24.0 Å². The van der Waals surface area contributed by atoms with Crippen LogP contribution in [0.5, 0.6) is 0 Å². The van der Waals surface area contributed by atoms with Crippen LogP contribution in [0, 0.1) is 0 Å². The normalized spacial score (nSPS) is 12.0. The minimum atomic E-state index is 0.136. The second kappa shape index (κ2) is 2.55. The monoisotopic (exact) mass is 173 g/mol. The van der Waals surface area contributed by atoms with Gasteiger partial charge in [0.2, 0.25) is 0 Å². The molecule has 0 amide bonds. The van der Waals surface area contributed by atoms with E-state index in [0.29, 0.717) is 0 Å². The second-order valence-corrected chi connectivity index (χ2v) is 4.86. The maximum atomic E-state index is 4.30. The van der Waals surface area contributed by atoms with Crippen molar-refractivity contribution in [3.8, 4) is 0 Å². The summed E-state index contributed by atoms with van der Waals surface area (Å²) in [5, 5.41) is 0. The van der Waals surface area contributed by atoms with Crippen LogP contribution in [0.4, 0.5) is 0 Å². The Labute approximate surface area is 70.9 Å². The third-order valence-electron chi connectivity index (χ3n) is 1.26. The molecule has 0 aliphatic carbocycles. The van der Waals surface area contributed by atoms with Gasteiger partial charge in [0.15, 0.2) is 0 Å². The van der Waals surface area contributed by atoms with Gasteiger partial charge in [0, 0.05) is 5.41 Å². The fourth-order valence-corrected chi connectivity index (χ4v) is 2.02. The van der Waals surface area contributed by atoms with Crippen molar-refractivity contribution in [2.45, 2.75) is 30.4 Å². The molecule has 0 aliphatic heterocycles. The van der Waals surface area contributed by atoms with Gasteiger partial charge in [-0.3, -0.25) is 0 Å². The first kappa shape index (κ1) is 8.08. The smallest absolute Gasteiger partial charge is 0.0807 e. The van der Waals surface area contributed by atoms with E-state index in [1.54, 1.807) is 11.3 Å². The molecule has 0 aliphatic rings. The summed E-state index contributed by atoms with van der Waals surface area (Å²) < 4.78 is 1.03. The van der Waals surface area contributed by atoms with Gasteiger partial charge in [-0.15, -0.1) is 24.0 Å². The van der Waals surface area contributed by atoms with E-state index in [-0.39, 0.29) is 5.41 Å². The predicted molar refractivity (Wildman–Crippen MR) is 48.1 cm³/mol. The zero-order chi connectivity index (χ0) is 7.78. The molecular formula is C7H11NS2. The first-order chi connectivity index (χ1) is 4.52. The van der Waals surface area contributed by atoms with Crippen molar-refractivity contribution in [3.05, 3.63) is 11.2 Å². The summed E-state index contributed by atoms with van der Waals surface area (Å²) in [6, 6.07) is 0. The van der Waals surface area contributed by atoms with E-state index >= 15 is 0 Å². The van der Waals surface area contributed by atoms with E-state index in [2.05, 4.69) is 38.4 Å². The third kappa shape index (κ3) is 1.52. The van der Waals surface area contributed by atoms with Crippen LogP contribution in [0.2, 0.25) is 0 Å². The number of hydrogen-bond donors (Lipinski definition) is 1. The molecule has 1 rings (SSSR count). The molecule has 1 aromatic heterocycles. The lowest BCUT2D eigenvalue weighted by Gasteiger charge is -2.15. The zero-order valence-electron chi connectivity index (χ0n) is 6.38. The van der Waals surface area contributed by atoms with Crippen LogP contribution in [0.1, 0.15) is 26.5 Å². The molecule has 10 heavy (non-hydrogen) atoms. The lowest BCUT2D eigenvalue weighted by molar-refractivity contribution is 0.562. The summed E-state index contributed by atoms with van der Waals surface area (Å²) in [5.41, 5.74) is 3.07. The van der Waals surface area contributed by atoms with Gasteiger partial charge < -0.3 is 0 Å². The summed E-state index contributed by atoms with van der Waals surface area (Å²) in [7, 11) is 0. The summed E-state index contributed by atoms with van der Waals surface area (Å²) in [6.45, 7) is 6.42. The average molecular weight is 173 g/mol. The standard InChI is InChI=1S/C7H11NS2/c1-7(2,3)5-6(9)10-4-8-5/h4,9H,1-3H3. The Bertz CT molecular complexity index is 222. The molecule has 1 aromatic rings. The van der Waals surface area contributed by atoms with E-state index in [1.807, 2.05) is 5.51 Å². The number of thiazole rings is 1. The Morgan fingerprint density at radius 1 is 1.50 bits per heavy atom. The molecule has 0 unspecified atom stereocenters. The van der Waals surface area contributed by atoms with Gasteiger partial charge in [-0.2, -0.15) is 0 Å². The summed E-state index contributed by atoms with van der Waals surface area (Å²) >= 11 is 5.88. The van der Waals surface area contributed by atoms with Crippen LogP contribution in [-0.2, 0) is 5.41 Å². The second-order valence-electron chi connectivity index (χ2n) is 3.26. The van der Waals surface area contributed by atoms with E-state index in [4.69, 9.17) is 0 Å². The van der Waals surface area contributed by atoms with Gasteiger partial charge in [0.05, 0.1) is 15.4 Å². The molecule has 0 aromatic carbocycles. The minimum absolute atomic E-state index is 0.136. The fourth-order valence-electron chi connectivity index (χ4n) is 0.754. The minimum Gasteiger partial charge on any atom is -0.248 e. The van der Waals surface area contributed by atoms with Crippen LogP contribution in [-0.4, -0.2) is 4.98 Å². The SMILES string of the molecule is CC(C)(C)c1ncsc1S. The largest absolute Gasteiger partial charge is 0.248 e. The third-order valence-corrected chi connectivity index (χ3v) is 2.41. The molecule has 3 heteroatoms. The first-order valence-corrected chi connectivity index (χ1v) is 4.47. The van der Waals surface area contributed by atoms with Gasteiger partial charge in [-0.05, 0) is 0 Å². The van der Waals surface area contributed by atoms with Crippen LogP contribution in [0.3, 0.4) is 0 Å². The number of thiol groups is 1. The Morgan fingerprint density at radius 2 is 2.10 bits per heavy atom. The molecule has 0 atom stereocenters. The van der Waals surface area contributed by atoms with Gasteiger partial charge in [-0.1, -0.05) is 20.8 Å². The van der Waals surface area contributed by atoms with Crippen molar-refractivity contribution < 1.29 is 0 Å². The molecule has 56 valence electrons. The van der Waals surface area contributed by atoms with Gasteiger partial charge in [0.25, 0.3) is 0 Å². The lowest BCUT2D eigenvalue weighted by Crippen LogP contribution is -2.11. The van der Waals surface area contributed by atoms with Crippen LogP contribution in [0.25, 0.3) is 0 Å². The van der Waals surface area contributed by atoms with Crippen molar-refractivity contribution in [1.82, 2.24) is 4.98 Å². The Morgan fingerprint density at radius 3 is 2.30 bits per heavy atom. The highest BCUT2D eigenvalue weighted by Gasteiger charge is 2.18. The fraction of sp³-hybridized carbons (Fsp3) is 0.571. The molecule has 0 radical (unpaired) electrons. The highest BCUT2D eigenvalue weighted by atomic mass is 32.2. The zero-order valence-corrected chi connectivity index (χ0v) is 8.09. The molecule has 0 saturated carbocycles. The number of aromatic nitrogens is 1. The quantitative estimate of drug-likeness (QED) is 0.595. The first-order valence-electron chi connectivity index (χ1n) is 3.15. The summed E-state index contributed by atoms with van der Waals surface area (Å²) in [4.78, 5) is 4.23. The van der Waals surface area contributed by atoms with Crippen LogP contribution in [0.15, 0.2) is 9.72 Å². The maximum absolute atomic E-state index is 4.30. The van der Waals surface area contributed by atoms with Crippen molar-refractivity contribution in [2.75, 3.05) is 0 Å². The van der Waals surface area contributed by atoms with E-state index in [0.717, 1.165) is 9.90 Å². The topological polar surface area (TPSA) is 12.9 Å². The van der Waals surface area contributed by atoms with Gasteiger partial charge >= 0.3 is 0 Å². The highest BCUT2D eigenvalue weighted by molar-refractivity contribution is 7.82. The number of rotatable bonds is 0. The van der Waals surface area contributed by atoms with Crippen LogP contribution >= 0.6 is 24.0 Å².